The van der Waals surface area contributed by atoms with Gasteiger partial charge < -0.3 is 9.74 Å². The van der Waals surface area contributed by atoms with E-state index in [-0.39, 0.29) is 12.0 Å². The minimum atomic E-state index is -0.0103. The molecule has 0 bridgehead atoms. The minimum Gasteiger partial charge on any atom is -0.390 e. The van der Waals surface area contributed by atoms with Crippen LogP contribution in [0.25, 0.3) is 0 Å². The van der Waals surface area contributed by atoms with Crippen molar-refractivity contribution in [2.24, 2.45) is 11.1 Å². The molecule has 1 aromatic carbocycles. The number of amides is 1. The van der Waals surface area contributed by atoms with Crippen LogP contribution in [0.3, 0.4) is 0 Å². The number of nitrogens with zero attached hydrogens (tertiary/aromatic N) is 2. The number of hydrogen-bond donors (Lipinski definition) is 0. The van der Waals surface area contributed by atoms with Gasteiger partial charge in [-0.3, -0.25) is 4.79 Å². The first-order chi connectivity index (χ1) is 10.7. The molecule has 4 heteroatoms. The van der Waals surface area contributed by atoms with E-state index in [1.54, 1.807) is 0 Å². The second-order valence-corrected chi connectivity index (χ2v) is 6.34. The molecule has 0 unspecified atom stereocenters. The summed E-state index contributed by atoms with van der Waals surface area (Å²) in [5, 5.41) is 4.26. The van der Waals surface area contributed by atoms with Gasteiger partial charge in [0.2, 0.25) is 5.91 Å². The Bertz CT molecular complexity index is 578. The van der Waals surface area contributed by atoms with Crippen LogP contribution in [0.1, 0.15) is 43.7 Å². The summed E-state index contributed by atoms with van der Waals surface area (Å²) in [6.07, 6.45) is 3.86. The molecule has 22 heavy (non-hydrogen) atoms. The fourth-order valence-electron chi connectivity index (χ4n) is 2.98. The van der Waals surface area contributed by atoms with Crippen LogP contribution in [0.15, 0.2) is 29.4 Å². The van der Waals surface area contributed by atoms with E-state index in [1.165, 1.54) is 5.56 Å². The Morgan fingerprint density at radius 2 is 2.14 bits per heavy atom. The maximum absolute atomic E-state index is 12.3. The Morgan fingerprint density at radius 3 is 2.82 bits per heavy atom. The highest BCUT2D eigenvalue weighted by molar-refractivity contribution is 6.02. The number of benzene rings is 1. The largest absolute Gasteiger partial charge is 0.390 e. The van der Waals surface area contributed by atoms with Crippen molar-refractivity contribution in [3.63, 3.8) is 0 Å². The number of rotatable bonds is 6. The highest BCUT2D eigenvalue weighted by atomic mass is 16.6. The topological polar surface area (TPSA) is 41.9 Å². The number of aryl methyl sites for hydroxylation is 1. The van der Waals surface area contributed by atoms with Crippen molar-refractivity contribution < 1.29 is 9.63 Å². The van der Waals surface area contributed by atoms with Crippen molar-refractivity contribution in [1.29, 1.82) is 0 Å². The second kappa shape index (κ2) is 6.51. The SMILES string of the molecule is CCCN(C[C@@H]1CC(c2ccccc2C)=NO1)C(=O)C1CC1. The Kier molecular flexibility index (Phi) is 4.46. The Balaban J connectivity index is 1.61. The normalized spacial score (nSPS) is 20.5. The van der Waals surface area contributed by atoms with Crippen molar-refractivity contribution >= 4 is 11.6 Å². The molecular weight excluding hydrogens is 276 g/mol. The molecule has 4 nitrogen and oxygen atoms in total. The molecule has 1 heterocycles. The lowest BCUT2D eigenvalue weighted by Gasteiger charge is -2.24. The van der Waals surface area contributed by atoms with Gasteiger partial charge in [0.25, 0.3) is 0 Å². The van der Waals surface area contributed by atoms with Crippen LogP contribution in [-0.2, 0) is 9.63 Å². The summed E-state index contributed by atoms with van der Waals surface area (Å²) in [6, 6.07) is 8.23. The molecule has 0 aromatic heterocycles. The smallest absolute Gasteiger partial charge is 0.225 e. The molecule has 1 saturated carbocycles. The summed E-state index contributed by atoms with van der Waals surface area (Å²) < 4.78 is 0. The van der Waals surface area contributed by atoms with Crippen molar-refractivity contribution in [2.75, 3.05) is 13.1 Å². The van der Waals surface area contributed by atoms with Crippen molar-refractivity contribution in [2.45, 2.75) is 45.6 Å². The van der Waals surface area contributed by atoms with E-state index < -0.39 is 0 Å². The molecule has 1 atom stereocenters. The molecule has 118 valence electrons. The quantitative estimate of drug-likeness (QED) is 0.810. The molecule has 1 amide bonds. The van der Waals surface area contributed by atoms with Gasteiger partial charge in [-0.05, 0) is 31.7 Å². The van der Waals surface area contributed by atoms with Gasteiger partial charge in [0.1, 0.15) is 0 Å². The summed E-state index contributed by atoms with van der Waals surface area (Å²) in [6.45, 7) is 5.67. The van der Waals surface area contributed by atoms with Gasteiger partial charge in [-0.15, -0.1) is 0 Å². The average Bonchev–Trinajstić information content (AvgIpc) is 3.27. The Morgan fingerprint density at radius 1 is 1.36 bits per heavy atom. The number of hydrogen-bond acceptors (Lipinski definition) is 3. The number of oxime groups is 1. The maximum Gasteiger partial charge on any atom is 0.225 e. The number of carbonyl (C=O) groups is 1. The zero-order valence-corrected chi connectivity index (χ0v) is 13.4. The Labute approximate surface area is 132 Å². The molecule has 1 aliphatic heterocycles. The third-order valence-corrected chi connectivity index (χ3v) is 4.34. The summed E-state index contributed by atoms with van der Waals surface area (Å²) in [7, 11) is 0. The molecule has 3 rings (SSSR count). The molecule has 1 aromatic rings. The van der Waals surface area contributed by atoms with Gasteiger partial charge in [0.05, 0.1) is 12.3 Å². The second-order valence-electron chi connectivity index (χ2n) is 6.34. The predicted octanol–water partition coefficient (Wildman–Crippen LogP) is 3.14. The fraction of sp³-hybridized carbons (Fsp3) is 0.556. The van der Waals surface area contributed by atoms with Crippen LogP contribution < -0.4 is 0 Å². The first kappa shape index (κ1) is 15.1. The van der Waals surface area contributed by atoms with Gasteiger partial charge in [0, 0.05) is 24.4 Å². The van der Waals surface area contributed by atoms with Gasteiger partial charge >= 0.3 is 0 Å². The Hall–Kier alpha value is -1.84. The summed E-state index contributed by atoms with van der Waals surface area (Å²) in [4.78, 5) is 19.9. The lowest BCUT2D eigenvalue weighted by molar-refractivity contribution is -0.134. The van der Waals surface area contributed by atoms with E-state index in [0.29, 0.717) is 12.5 Å². The third-order valence-electron chi connectivity index (χ3n) is 4.34. The lowest BCUT2D eigenvalue weighted by Crippen LogP contribution is -2.39. The monoisotopic (exact) mass is 300 g/mol. The zero-order chi connectivity index (χ0) is 15.5. The molecule has 1 aliphatic carbocycles. The fourth-order valence-corrected chi connectivity index (χ4v) is 2.98. The zero-order valence-electron chi connectivity index (χ0n) is 13.4. The molecule has 0 spiro atoms. The summed E-state index contributed by atoms with van der Waals surface area (Å²) in [5.41, 5.74) is 3.36. The van der Waals surface area contributed by atoms with Gasteiger partial charge in [-0.1, -0.05) is 36.3 Å². The van der Waals surface area contributed by atoms with E-state index in [2.05, 4.69) is 31.1 Å². The highest BCUT2D eigenvalue weighted by Crippen LogP contribution is 2.31. The molecule has 2 aliphatic rings. The van der Waals surface area contributed by atoms with Crippen molar-refractivity contribution in [3.8, 4) is 0 Å². The minimum absolute atomic E-state index is 0.0103. The van der Waals surface area contributed by atoms with Crippen molar-refractivity contribution in [1.82, 2.24) is 4.90 Å². The van der Waals surface area contributed by atoms with Gasteiger partial charge in [-0.2, -0.15) is 0 Å². The first-order valence-corrected chi connectivity index (χ1v) is 8.26. The van der Waals surface area contributed by atoms with E-state index in [0.717, 1.165) is 43.5 Å². The van der Waals surface area contributed by atoms with Crippen LogP contribution >= 0.6 is 0 Å². The van der Waals surface area contributed by atoms with E-state index in [4.69, 9.17) is 4.84 Å². The first-order valence-electron chi connectivity index (χ1n) is 8.26. The van der Waals surface area contributed by atoms with Gasteiger partial charge in [0.15, 0.2) is 6.10 Å². The lowest BCUT2D eigenvalue weighted by atomic mass is 10.0. The summed E-state index contributed by atoms with van der Waals surface area (Å²) >= 11 is 0. The molecule has 0 radical (unpaired) electrons. The highest BCUT2D eigenvalue weighted by Gasteiger charge is 2.35. The van der Waals surface area contributed by atoms with Crippen LogP contribution in [0.2, 0.25) is 0 Å². The maximum atomic E-state index is 12.3. The van der Waals surface area contributed by atoms with E-state index in [9.17, 15) is 4.79 Å². The average molecular weight is 300 g/mol. The van der Waals surface area contributed by atoms with Crippen LogP contribution in [0.4, 0.5) is 0 Å². The van der Waals surface area contributed by atoms with E-state index in [1.807, 2.05) is 17.0 Å². The summed E-state index contributed by atoms with van der Waals surface area (Å²) in [5.74, 6) is 0.569. The van der Waals surface area contributed by atoms with Crippen LogP contribution in [0, 0.1) is 12.8 Å². The number of carbonyl (C=O) groups excluding carboxylic acids is 1. The molecule has 0 N–H and O–H groups in total. The van der Waals surface area contributed by atoms with Crippen LogP contribution in [0.5, 0.6) is 0 Å². The standard InChI is InChI=1S/C18H24N2O2/c1-3-10-20(18(21)14-8-9-14)12-15-11-17(19-22-15)16-7-5-4-6-13(16)2/h4-7,14-15H,3,8-12H2,1-2H3/t15-/m0/s1. The van der Waals surface area contributed by atoms with Crippen LogP contribution in [-0.4, -0.2) is 35.7 Å². The third kappa shape index (κ3) is 3.32. The van der Waals surface area contributed by atoms with Gasteiger partial charge in [-0.25, -0.2) is 0 Å². The van der Waals surface area contributed by atoms with E-state index >= 15 is 0 Å². The predicted molar refractivity (Wildman–Crippen MR) is 86.8 cm³/mol. The molecular formula is C18H24N2O2. The molecule has 0 saturated heterocycles. The molecule has 1 fully saturated rings. The van der Waals surface area contributed by atoms with Crippen molar-refractivity contribution in [3.05, 3.63) is 35.4 Å².